The van der Waals surface area contributed by atoms with Gasteiger partial charge >= 0.3 is 0 Å². The molecule has 0 amide bonds. The first-order valence-corrected chi connectivity index (χ1v) is 5.70. The molecular formula is C11H26N2O. The fraction of sp³-hybridized carbons (Fsp3) is 1.00. The topological polar surface area (TPSA) is 35.5 Å². The maximum Gasteiger partial charge on any atom is 0.0623 e. The van der Waals surface area contributed by atoms with Crippen LogP contribution in [0.2, 0.25) is 0 Å². The van der Waals surface area contributed by atoms with Crippen molar-refractivity contribution >= 4 is 0 Å². The van der Waals surface area contributed by atoms with Gasteiger partial charge in [0.25, 0.3) is 0 Å². The molecule has 0 radical (unpaired) electrons. The highest BCUT2D eigenvalue weighted by Crippen LogP contribution is 2.05. The number of nitrogens with one attached hydrogen (secondary N) is 1. The lowest BCUT2D eigenvalue weighted by atomic mass is 10.0. The van der Waals surface area contributed by atoms with E-state index in [9.17, 15) is 5.11 Å². The molecule has 0 aliphatic rings. The number of nitrogens with zero attached hydrogens (tertiary/aromatic N) is 1. The second-order valence-corrected chi connectivity index (χ2v) is 4.11. The molecular weight excluding hydrogens is 176 g/mol. The van der Waals surface area contributed by atoms with Gasteiger partial charge in [-0.15, -0.1) is 0 Å². The summed E-state index contributed by atoms with van der Waals surface area (Å²) in [6, 6.07) is 0. The molecule has 0 saturated heterocycles. The van der Waals surface area contributed by atoms with E-state index in [1.165, 1.54) is 0 Å². The smallest absolute Gasteiger partial charge is 0.0623 e. The van der Waals surface area contributed by atoms with Crippen molar-refractivity contribution in [3.05, 3.63) is 0 Å². The molecule has 3 nitrogen and oxygen atoms in total. The van der Waals surface area contributed by atoms with E-state index in [1.54, 1.807) is 0 Å². The van der Waals surface area contributed by atoms with E-state index in [2.05, 4.69) is 37.9 Å². The van der Waals surface area contributed by atoms with E-state index >= 15 is 0 Å². The highest BCUT2D eigenvalue weighted by atomic mass is 16.3. The fourth-order valence-electron chi connectivity index (χ4n) is 1.53. The molecule has 1 atom stereocenters. The Morgan fingerprint density at radius 1 is 1.21 bits per heavy atom. The van der Waals surface area contributed by atoms with E-state index in [0.29, 0.717) is 0 Å². The van der Waals surface area contributed by atoms with E-state index < -0.39 is 0 Å². The van der Waals surface area contributed by atoms with Gasteiger partial charge in [-0.3, -0.25) is 0 Å². The van der Waals surface area contributed by atoms with Crippen molar-refractivity contribution in [2.75, 3.05) is 32.8 Å². The summed E-state index contributed by atoms with van der Waals surface area (Å²) in [5.41, 5.74) is -0.151. The molecule has 1 unspecified atom stereocenters. The van der Waals surface area contributed by atoms with E-state index in [-0.39, 0.29) is 12.1 Å². The Morgan fingerprint density at radius 3 is 2.14 bits per heavy atom. The SMILES string of the molecule is CCCNC(C)(CO)CN(CC)CC. The minimum atomic E-state index is -0.151. The lowest BCUT2D eigenvalue weighted by Crippen LogP contribution is -2.54. The first-order chi connectivity index (χ1) is 6.61. The maximum absolute atomic E-state index is 9.36. The van der Waals surface area contributed by atoms with Crippen LogP contribution in [-0.4, -0.2) is 48.3 Å². The summed E-state index contributed by atoms with van der Waals surface area (Å²) >= 11 is 0. The van der Waals surface area contributed by atoms with Gasteiger partial charge in [-0.25, -0.2) is 0 Å². The van der Waals surface area contributed by atoms with Crippen molar-refractivity contribution in [1.82, 2.24) is 10.2 Å². The van der Waals surface area contributed by atoms with Crippen LogP contribution in [0.25, 0.3) is 0 Å². The molecule has 2 N–H and O–H groups in total. The normalized spacial score (nSPS) is 15.9. The van der Waals surface area contributed by atoms with Crippen LogP contribution in [0.15, 0.2) is 0 Å². The predicted octanol–water partition coefficient (Wildman–Crippen LogP) is 1.08. The lowest BCUT2D eigenvalue weighted by molar-refractivity contribution is 0.125. The molecule has 0 fully saturated rings. The van der Waals surface area contributed by atoms with E-state index in [1.807, 2.05) is 0 Å². The summed E-state index contributed by atoms with van der Waals surface area (Å²) in [5.74, 6) is 0. The molecule has 0 rings (SSSR count). The predicted molar refractivity (Wildman–Crippen MR) is 61.6 cm³/mol. The van der Waals surface area contributed by atoms with Gasteiger partial charge in [0, 0.05) is 6.54 Å². The van der Waals surface area contributed by atoms with Gasteiger partial charge in [0.1, 0.15) is 0 Å². The highest BCUT2D eigenvalue weighted by Gasteiger charge is 2.24. The Hall–Kier alpha value is -0.120. The van der Waals surface area contributed by atoms with E-state index in [0.717, 1.165) is 32.6 Å². The van der Waals surface area contributed by atoms with Crippen LogP contribution in [0.3, 0.4) is 0 Å². The van der Waals surface area contributed by atoms with Crippen LogP contribution >= 0.6 is 0 Å². The summed E-state index contributed by atoms with van der Waals surface area (Å²) in [6.07, 6.45) is 1.10. The second-order valence-electron chi connectivity index (χ2n) is 4.11. The van der Waals surface area contributed by atoms with Crippen molar-refractivity contribution in [2.24, 2.45) is 0 Å². The molecule has 0 aliphatic carbocycles. The van der Waals surface area contributed by atoms with Crippen LogP contribution in [0.1, 0.15) is 34.1 Å². The molecule has 86 valence electrons. The molecule has 3 heteroatoms. The quantitative estimate of drug-likeness (QED) is 0.618. The first-order valence-electron chi connectivity index (χ1n) is 5.70. The Kier molecular flexibility index (Phi) is 7.15. The van der Waals surface area contributed by atoms with Gasteiger partial charge < -0.3 is 15.3 Å². The average Bonchev–Trinajstić information content (AvgIpc) is 2.23. The summed E-state index contributed by atoms with van der Waals surface area (Å²) in [4.78, 5) is 2.33. The number of likely N-dealkylation sites (N-methyl/N-ethyl adjacent to an activating group) is 1. The van der Waals surface area contributed by atoms with Gasteiger partial charge in [-0.1, -0.05) is 20.8 Å². The third-order valence-electron chi connectivity index (χ3n) is 2.62. The van der Waals surface area contributed by atoms with Crippen molar-refractivity contribution < 1.29 is 5.11 Å². The van der Waals surface area contributed by atoms with Crippen molar-refractivity contribution in [3.8, 4) is 0 Å². The van der Waals surface area contributed by atoms with Gasteiger partial charge in [-0.2, -0.15) is 0 Å². The zero-order chi connectivity index (χ0) is 11.0. The average molecular weight is 202 g/mol. The van der Waals surface area contributed by atoms with Gasteiger partial charge in [-0.05, 0) is 33.0 Å². The van der Waals surface area contributed by atoms with Crippen LogP contribution < -0.4 is 5.32 Å². The van der Waals surface area contributed by atoms with Gasteiger partial charge in [0.15, 0.2) is 0 Å². The molecule has 0 aromatic carbocycles. The molecule has 0 saturated carbocycles. The third-order valence-corrected chi connectivity index (χ3v) is 2.62. The fourth-order valence-corrected chi connectivity index (χ4v) is 1.53. The summed E-state index contributed by atoms with van der Waals surface area (Å²) in [7, 11) is 0. The maximum atomic E-state index is 9.36. The monoisotopic (exact) mass is 202 g/mol. The van der Waals surface area contributed by atoms with Crippen LogP contribution in [0, 0.1) is 0 Å². The Labute approximate surface area is 88.5 Å². The molecule has 0 aliphatic heterocycles. The molecule has 0 aromatic rings. The molecule has 0 spiro atoms. The Bertz CT molecular complexity index is 137. The Balaban J connectivity index is 4.07. The largest absolute Gasteiger partial charge is 0.394 e. The summed E-state index contributed by atoms with van der Waals surface area (Å²) < 4.78 is 0. The lowest BCUT2D eigenvalue weighted by Gasteiger charge is -2.34. The van der Waals surface area contributed by atoms with Crippen molar-refractivity contribution in [2.45, 2.75) is 39.7 Å². The van der Waals surface area contributed by atoms with Crippen molar-refractivity contribution in [1.29, 1.82) is 0 Å². The molecule has 0 aromatic heterocycles. The highest BCUT2D eigenvalue weighted by molar-refractivity contribution is 4.85. The first kappa shape index (κ1) is 13.9. The van der Waals surface area contributed by atoms with Crippen LogP contribution in [0.5, 0.6) is 0 Å². The molecule has 0 heterocycles. The third kappa shape index (κ3) is 4.94. The molecule has 0 bridgehead atoms. The summed E-state index contributed by atoms with van der Waals surface area (Å²) in [5, 5.41) is 12.8. The zero-order valence-corrected chi connectivity index (χ0v) is 10.1. The standard InChI is InChI=1S/C11H26N2O/c1-5-8-12-11(4,10-14)9-13(6-2)7-3/h12,14H,5-10H2,1-4H3. The number of hydrogen-bond donors (Lipinski definition) is 2. The minimum Gasteiger partial charge on any atom is -0.394 e. The molecule has 14 heavy (non-hydrogen) atoms. The second kappa shape index (κ2) is 7.21. The number of rotatable bonds is 8. The van der Waals surface area contributed by atoms with Gasteiger partial charge in [0.2, 0.25) is 0 Å². The zero-order valence-electron chi connectivity index (χ0n) is 10.1. The minimum absolute atomic E-state index is 0.151. The van der Waals surface area contributed by atoms with Gasteiger partial charge in [0.05, 0.1) is 12.1 Å². The summed E-state index contributed by atoms with van der Waals surface area (Å²) in [6.45, 7) is 12.7. The number of hydrogen-bond acceptors (Lipinski definition) is 3. The van der Waals surface area contributed by atoms with Crippen LogP contribution in [-0.2, 0) is 0 Å². The number of aliphatic hydroxyl groups is 1. The number of aliphatic hydroxyl groups excluding tert-OH is 1. The van der Waals surface area contributed by atoms with Crippen molar-refractivity contribution in [3.63, 3.8) is 0 Å². The van der Waals surface area contributed by atoms with Crippen LogP contribution in [0.4, 0.5) is 0 Å². The van der Waals surface area contributed by atoms with E-state index in [4.69, 9.17) is 0 Å². The Morgan fingerprint density at radius 2 is 1.79 bits per heavy atom.